The molecule has 32 heavy (non-hydrogen) atoms. The normalized spacial score (nSPS) is 16.3. The van der Waals surface area contributed by atoms with Crippen LogP contribution in [0.3, 0.4) is 0 Å². The standard InChI is InChI=1S/C25H29N5O2/c1-17-12-21(14-26-19(17)3)20-4-5-23-22(13-20)15-30(8-11-32-23)25-18(2)24(27-16-28-25)29-6-9-31-10-7-29/h4-5,12-14,16H,6-11,15H2,1-3H3. The van der Waals surface area contributed by atoms with Gasteiger partial charge in [0.05, 0.1) is 19.8 Å². The maximum Gasteiger partial charge on any atom is 0.137 e. The Morgan fingerprint density at radius 1 is 0.812 bits per heavy atom. The molecule has 0 unspecified atom stereocenters. The number of benzene rings is 1. The minimum absolute atomic E-state index is 0.619. The molecule has 1 aromatic carbocycles. The zero-order chi connectivity index (χ0) is 22.1. The molecule has 0 spiro atoms. The molecule has 7 heteroatoms. The summed E-state index contributed by atoms with van der Waals surface area (Å²) in [4.78, 5) is 18.4. The molecule has 0 radical (unpaired) electrons. The van der Waals surface area contributed by atoms with Crippen molar-refractivity contribution < 1.29 is 9.47 Å². The Morgan fingerprint density at radius 3 is 2.34 bits per heavy atom. The lowest BCUT2D eigenvalue weighted by Gasteiger charge is -2.31. The van der Waals surface area contributed by atoms with E-state index >= 15 is 0 Å². The summed E-state index contributed by atoms with van der Waals surface area (Å²) in [6.45, 7) is 11.6. The SMILES string of the molecule is Cc1cc(-c2ccc3c(c2)CN(c2ncnc(N4CCOCC4)c2C)CCO3)cnc1C. The first kappa shape index (κ1) is 20.7. The molecule has 0 atom stereocenters. The first-order valence-electron chi connectivity index (χ1n) is 11.2. The van der Waals surface area contributed by atoms with Crippen molar-refractivity contribution in [3.8, 4) is 16.9 Å². The molecule has 2 aliphatic rings. The molecule has 1 fully saturated rings. The summed E-state index contributed by atoms with van der Waals surface area (Å²) in [5.41, 5.74) is 6.80. The molecule has 5 rings (SSSR count). The van der Waals surface area contributed by atoms with E-state index in [0.717, 1.165) is 84.7 Å². The molecule has 2 aliphatic heterocycles. The Bertz CT molecular complexity index is 1130. The van der Waals surface area contributed by atoms with E-state index in [4.69, 9.17) is 9.47 Å². The van der Waals surface area contributed by atoms with Crippen molar-refractivity contribution in [2.75, 3.05) is 49.3 Å². The fourth-order valence-corrected chi connectivity index (χ4v) is 4.40. The number of morpholine rings is 1. The predicted octanol–water partition coefficient (Wildman–Crippen LogP) is 3.70. The Morgan fingerprint density at radius 2 is 1.56 bits per heavy atom. The van der Waals surface area contributed by atoms with Crippen LogP contribution in [0.1, 0.15) is 22.4 Å². The lowest BCUT2D eigenvalue weighted by molar-refractivity contribution is 0.122. The Labute approximate surface area is 189 Å². The number of anilines is 2. The minimum atomic E-state index is 0.619. The molecule has 7 nitrogen and oxygen atoms in total. The molecule has 0 saturated carbocycles. The molecule has 0 amide bonds. The first-order valence-corrected chi connectivity index (χ1v) is 11.2. The quantitative estimate of drug-likeness (QED) is 0.627. The number of fused-ring (bicyclic) bond motifs is 1. The summed E-state index contributed by atoms with van der Waals surface area (Å²) < 4.78 is 11.6. The van der Waals surface area contributed by atoms with Gasteiger partial charge in [-0.05, 0) is 50.1 Å². The summed E-state index contributed by atoms with van der Waals surface area (Å²) >= 11 is 0. The van der Waals surface area contributed by atoms with E-state index < -0.39 is 0 Å². The number of hydrogen-bond donors (Lipinski definition) is 0. The molecule has 3 aromatic rings. The van der Waals surface area contributed by atoms with Crippen LogP contribution in [0.2, 0.25) is 0 Å². The van der Waals surface area contributed by atoms with Crippen LogP contribution in [0.5, 0.6) is 5.75 Å². The second-order valence-corrected chi connectivity index (χ2v) is 8.46. The zero-order valence-corrected chi connectivity index (χ0v) is 19.0. The molecule has 0 N–H and O–H groups in total. The molecule has 2 aromatic heterocycles. The third-order valence-electron chi connectivity index (χ3n) is 6.35. The minimum Gasteiger partial charge on any atom is -0.491 e. The highest BCUT2D eigenvalue weighted by atomic mass is 16.5. The second kappa shape index (κ2) is 8.74. The topological polar surface area (TPSA) is 63.6 Å². The molecule has 166 valence electrons. The number of pyridine rings is 1. The number of nitrogens with zero attached hydrogens (tertiary/aromatic N) is 5. The molecule has 0 bridgehead atoms. The van der Waals surface area contributed by atoms with Gasteiger partial charge in [-0.2, -0.15) is 0 Å². The third kappa shape index (κ3) is 4.00. The first-order chi connectivity index (χ1) is 15.6. The molecule has 0 aliphatic carbocycles. The average molecular weight is 432 g/mol. The van der Waals surface area contributed by atoms with E-state index in [1.165, 1.54) is 5.56 Å². The van der Waals surface area contributed by atoms with E-state index in [2.05, 4.69) is 62.9 Å². The lowest BCUT2D eigenvalue weighted by atomic mass is 10.0. The van der Waals surface area contributed by atoms with Gasteiger partial charge in [-0.3, -0.25) is 4.98 Å². The van der Waals surface area contributed by atoms with Crippen LogP contribution in [0, 0.1) is 20.8 Å². The second-order valence-electron chi connectivity index (χ2n) is 8.46. The van der Waals surface area contributed by atoms with Gasteiger partial charge >= 0.3 is 0 Å². The van der Waals surface area contributed by atoms with Gasteiger partial charge in [0, 0.05) is 48.2 Å². The Kier molecular flexibility index (Phi) is 5.66. The summed E-state index contributed by atoms with van der Waals surface area (Å²) in [6, 6.07) is 8.61. The fraction of sp³-hybridized carbons (Fsp3) is 0.400. The van der Waals surface area contributed by atoms with Crippen molar-refractivity contribution in [1.82, 2.24) is 15.0 Å². The average Bonchev–Trinajstić information content (AvgIpc) is 3.03. The van der Waals surface area contributed by atoms with Gasteiger partial charge in [-0.15, -0.1) is 0 Å². The summed E-state index contributed by atoms with van der Waals surface area (Å²) in [5, 5.41) is 0. The van der Waals surface area contributed by atoms with E-state index in [-0.39, 0.29) is 0 Å². The highest BCUT2D eigenvalue weighted by molar-refractivity contribution is 5.67. The van der Waals surface area contributed by atoms with Crippen LogP contribution >= 0.6 is 0 Å². The molecule has 1 saturated heterocycles. The maximum atomic E-state index is 6.09. The van der Waals surface area contributed by atoms with Crippen LogP contribution in [-0.2, 0) is 11.3 Å². The van der Waals surface area contributed by atoms with Crippen molar-refractivity contribution in [2.45, 2.75) is 27.3 Å². The third-order valence-corrected chi connectivity index (χ3v) is 6.35. The van der Waals surface area contributed by atoms with E-state index in [9.17, 15) is 0 Å². The van der Waals surface area contributed by atoms with Gasteiger partial charge in [-0.1, -0.05) is 6.07 Å². The van der Waals surface area contributed by atoms with Gasteiger partial charge in [0.1, 0.15) is 30.3 Å². The number of ether oxygens (including phenoxy) is 2. The van der Waals surface area contributed by atoms with Gasteiger partial charge < -0.3 is 19.3 Å². The summed E-state index contributed by atoms with van der Waals surface area (Å²) in [7, 11) is 0. The molecular weight excluding hydrogens is 402 g/mol. The van der Waals surface area contributed by atoms with Crippen molar-refractivity contribution in [1.29, 1.82) is 0 Å². The van der Waals surface area contributed by atoms with Crippen LogP contribution in [0.25, 0.3) is 11.1 Å². The predicted molar refractivity (Wildman–Crippen MR) is 125 cm³/mol. The van der Waals surface area contributed by atoms with Crippen molar-refractivity contribution in [3.05, 3.63) is 59.2 Å². The van der Waals surface area contributed by atoms with Crippen molar-refractivity contribution >= 4 is 11.6 Å². The number of rotatable bonds is 3. The van der Waals surface area contributed by atoms with E-state index in [0.29, 0.717) is 6.61 Å². The van der Waals surface area contributed by atoms with Crippen LogP contribution < -0.4 is 14.5 Å². The number of hydrogen-bond acceptors (Lipinski definition) is 7. The van der Waals surface area contributed by atoms with Crippen LogP contribution in [0.15, 0.2) is 36.8 Å². The highest BCUT2D eigenvalue weighted by Gasteiger charge is 2.23. The van der Waals surface area contributed by atoms with Gasteiger partial charge in [0.25, 0.3) is 0 Å². The Balaban J connectivity index is 1.46. The number of aromatic nitrogens is 3. The van der Waals surface area contributed by atoms with Crippen molar-refractivity contribution in [3.63, 3.8) is 0 Å². The summed E-state index contributed by atoms with van der Waals surface area (Å²) in [6.07, 6.45) is 3.62. The maximum absolute atomic E-state index is 6.09. The monoisotopic (exact) mass is 431 g/mol. The molecule has 4 heterocycles. The highest BCUT2D eigenvalue weighted by Crippen LogP contribution is 2.33. The smallest absolute Gasteiger partial charge is 0.137 e. The fourth-order valence-electron chi connectivity index (χ4n) is 4.40. The van der Waals surface area contributed by atoms with Gasteiger partial charge in [-0.25, -0.2) is 9.97 Å². The van der Waals surface area contributed by atoms with Gasteiger partial charge in [0.15, 0.2) is 0 Å². The summed E-state index contributed by atoms with van der Waals surface area (Å²) in [5.74, 6) is 2.91. The lowest BCUT2D eigenvalue weighted by Crippen LogP contribution is -2.37. The van der Waals surface area contributed by atoms with E-state index in [1.54, 1.807) is 6.33 Å². The van der Waals surface area contributed by atoms with Gasteiger partial charge in [0.2, 0.25) is 0 Å². The van der Waals surface area contributed by atoms with Crippen molar-refractivity contribution in [2.24, 2.45) is 0 Å². The van der Waals surface area contributed by atoms with Crippen LogP contribution in [0.4, 0.5) is 11.6 Å². The molecular formula is C25H29N5O2. The van der Waals surface area contributed by atoms with Crippen LogP contribution in [-0.4, -0.2) is 54.4 Å². The zero-order valence-electron chi connectivity index (χ0n) is 19.0. The Hall–Kier alpha value is -3.19. The number of aryl methyl sites for hydroxylation is 2. The van der Waals surface area contributed by atoms with E-state index in [1.807, 2.05) is 13.1 Å². The largest absolute Gasteiger partial charge is 0.491 e.